The van der Waals surface area contributed by atoms with Crippen molar-refractivity contribution >= 4 is 35.0 Å². The maximum absolute atomic E-state index is 13.1. The number of benzene rings is 2. The number of H-pyrrole nitrogens is 1. The van der Waals surface area contributed by atoms with Crippen LogP contribution >= 0.6 is 11.8 Å². The van der Waals surface area contributed by atoms with Crippen molar-refractivity contribution < 1.29 is 14.3 Å². The standard InChI is InChI=1S/C23H25N5O3S/c1-14-8-9-15(2)19(10-14)31-12-20-25-23(27-26-20)32-13-22(30)28-16(3)11-21(29)24-17-6-4-5-7-18(17)28/h4-10,16H,11-13H2,1-3H3,(H,24,29)(H,25,26,27). The number of anilines is 2. The molecule has 3 aromatic rings. The minimum Gasteiger partial charge on any atom is -0.485 e. The van der Waals surface area contributed by atoms with E-state index in [1.807, 2.05) is 57.2 Å². The highest BCUT2D eigenvalue weighted by atomic mass is 32.2. The lowest BCUT2D eigenvalue weighted by Gasteiger charge is -2.27. The summed E-state index contributed by atoms with van der Waals surface area (Å²) in [5, 5.41) is 10.4. The van der Waals surface area contributed by atoms with E-state index in [1.165, 1.54) is 11.8 Å². The molecule has 0 aliphatic carbocycles. The summed E-state index contributed by atoms with van der Waals surface area (Å²) in [6, 6.07) is 13.1. The largest absolute Gasteiger partial charge is 0.485 e. The normalized spacial score (nSPS) is 15.7. The lowest BCUT2D eigenvalue weighted by atomic mass is 10.1. The molecule has 8 nitrogen and oxygen atoms in total. The summed E-state index contributed by atoms with van der Waals surface area (Å²) >= 11 is 1.25. The van der Waals surface area contributed by atoms with Crippen LogP contribution in [0.1, 0.15) is 30.3 Å². The van der Waals surface area contributed by atoms with Crippen molar-refractivity contribution in [2.45, 2.75) is 45.0 Å². The fraction of sp³-hybridized carbons (Fsp3) is 0.304. The Morgan fingerprint density at radius 2 is 2.06 bits per heavy atom. The Bertz CT molecular complexity index is 1150. The molecule has 1 aromatic heterocycles. The number of rotatable bonds is 6. The number of ether oxygens (including phenoxy) is 1. The summed E-state index contributed by atoms with van der Waals surface area (Å²) in [4.78, 5) is 31.3. The number of aromatic amines is 1. The van der Waals surface area contributed by atoms with Crippen LogP contribution in [-0.4, -0.2) is 38.8 Å². The number of aryl methyl sites for hydroxylation is 2. The zero-order valence-electron chi connectivity index (χ0n) is 18.2. The van der Waals surface area contributed by atoms with Gasteiger partial charge in [0.2, 0.25) is 17.0 Å². The molecule has 1 unspecified atom stereocenters. The van der Waals surface area contributed by atoms with Crippen LogP contribution in [0.5, 0.6) is 5.75 Å². The SMILES string of the molecule is Cc1ccc(C)c(OCc2nc(SCC(=O)N3c4ccccc4NC(=O)CC3C)n[nH]2)c1. The molecule has 1 aliphatic heterocycles. The molecule has 166 valence electrons. The molecule has 2 N–H and O–H groups in total. The smallest absolute Gasteiger partial charge is 0.237 e. The minimum atomic E-state index is -0.250. The van der Waals surface area contributed by atoms with E-state index in [9.17, 15) is 9.59 Å². The quantitative estimate of drug-likeness (QED) is 0.552. The van der Waals surface area contributed by atoms with Crippen molar-refractivity contribution in [3.63, 3.8) is 0 Å². The van der Waals surface area contributed by atoms with Gasteiger partial charge in [0.15, 0.2) is 5.82 Å². The van der Waals surface area contributed by atoms with Gasteiger partial charge < -0.3 is 15.0 Å². The Kier molecular flexibility index (Phi) is 6.45. The van der Waals surface area contributed by atoms with Gasteiger partial charge in [0.25, 0.3) is 0 Å². The third-order valence-electron chi connectivity index (χ3n) is 5.17. The third-order valence-corrected chi connectivity index (χ3v) is 6.00. The average Bonchev–Trinajstić information content (AvgIpc) is 3.17. The molecular formula is C23H25N5O3S. The predicted octanol–water partition coefficient (Wildman–Crippen LogP) is 3.86. The van der Waals surface area contributed by atoms with Crippen LogP contribution in [0.3, 0.4) is 0 Å². The number of carbonyl (C=O) groups excluding carboxylic acids is 2. The second kappa shape index (κ2) is 9.44. The highest BCUT2D eigenvalue weighted by Gasteiger charge is 2.29. The van der Waals surface area contributed by atoms with Crippen LogP contribution in [0.4, 0.5) is 11.4 Å². The van der Waals surface area contributed by atoms with Crippen LogP contribution in [0, 0.1) is 13.8 Å². The number of hydrogen-bond acceptors (Lipinski definition) is 6. The van der Waals surface area contributed by atoms with Crippen molar-refractivity contribution in [2.75, 3.05) is 16.0 Å². The first-order valence-electron chi connectivity index (χ1n) is 10.4. The number of amides is 2. The Morgan fingerprint density at radius 3 is 2.91 bits per heavy atom. The molecular weight excluding hydrogens is 426 g/mol. The number of fused-ring (bicyclic) bond motifs is 1. The lowest BCUT2D eigenvalue weighted by molar-refractivity contribution is -0.117. The molecule has 9 heteroatoms. The summed E-state index contributed by atoms with van der Waals surface area (Å²) in [6.45, 7) is 6.14. The molecule has 0 fully saturated rings. The van der Waals surface area contributed by atoms with Gasteiger partial charge in [-0.1, -0.05) is 36.0 Å². The van der Waals surface area contributed by atoms with Crippen molar-refractivity contribution in [3.8, 4) is 5.75 Å². The van der Waals surface area contributed by atoms with Crippen molar-refractivity contribution in [1.29, 1.82) is 0 Å². The van der Waals surface area contributed by atoms with E-state index < -0.39 is 0 Å². The molecule has 0 saturated carbocycles. The summed E-state index contributed by atoms with van der Waals surface area (Å²) in [5.41, 5.74) is 3.52. The molecule has 0 radical (unpaired) electrons. The lowest BCUT2D eigenvalue weighted by Crippen LogP contribution is -2.40. The summed E-state index contributed by atoms with van der Waals surface area (Å²) in [6.07, 6.45) is 0.242. The molecule has 32 heavy (non-hydrogen) atoms. The zero-order chi connectivity index (χ0) is 22.7. The highest BCUT2D eigenvalue weighted by Crippen LogP contribution is 2.32. The number of nitrogens with one attached hydrogen (secondary N) is 2. The average molecular weight is 452 g/mol. The first kappa shape index (κ1) is 21.9. The van der Waals surface area contributed by atoms with Crippen molar-refractivity contribution in [1.82, 2.24) is 15.2 Å². The Morgan fingerprint density at radius 1 is 1.25 bits per heavy atom. The monoisotopic (exact) mass is 451 g/mol. The van der Waals surface area contributed by atoms with Gasteiger partial charge in [0.1, 0.15) is 12.4 Å². The van der Waals surface area contributed by atoms with E-state index in [0.717, 1.165) is 16.9 Å². The molecule has 0 bridgehead atoms. The van der Waals surface area contributed by atoms with Crippen LogP contribution in [-0.2, 0) is 16.2 Å². The van der Waals surface area contributed by atoms with E-state index in [1.54, 1.807) is 11.0 Å². The maximum Gasteiger partial charge on any atom is 0.237 e. The van der Waals surface area contributed by atoms with Gasteiger partial charge in [-0.25, -0.2) is 4.98 Å². The Labute approximate surface area is 190 Å². The molecule has 1 aliphatic rings. The molecule has 0 saturated heterocycles. The highest BCUT2D eigenvalue weighted by molar-refractivity contribution is 7.99. The third kappa shape index (κ3) is 4.94. The van der Waals surface area contributed by atoms with E-state index >= 15 is 0 Å². The summed E-state index contributed by atoms with van der Waals surface area (Å²) in [7, 11) is 0. The first-order valence-corrected chi connectivity index (χ1v) is 11.3. The predicted molar refractivity (Wildman–Crippen MR) is 124 cm³/mol. The molecule has 1 atom stereocenters. The van der Waals surface area contributed by atoms with Crippen molar-refractivity contribution in [2.24, 2.45) is 0 Å². The van der Waals surface area contributed by atoms with Crippen LogP contribution in [0.2, 0.25) is 0 Å². The van der Waals surface area contributed by atoms with Gasteiger partial charge in [-0.2, -0.15) is 0 Å². The van der Waals surface area contributed by atoms with Gasteiger partial charge in [-0.05, 0) is 50.1 Å². The van der Waals surface area contributed by atoms with Crippen LogP contribution < -0.4 is 15.0 Å². The molecule has 2 heterocycles. The number of para-hydroxylation sites is 2. The number of nitrogens with zero attached hydrogens (tertiary/aromatic N) is 3. The summed E-state index contributed by atoms with van der Waals surface area (Å²) < 4.78 is 5.86. The fourth-order valence-electron chi connectivity index (χ4n) is 3.58. The van der Waals surface area contributed by atoms with Gasteiger partial charge in [-0.15, -0.1) is 5.10 Å². The van der Waals surface area contributed by atoms with Gasteiger partial charge in [0.05, 0.1) is 17.1 Å². The van der Waals surface area contributed by atoms with Crippen LogP contribution in [0.15, 0.2) is 47.6 Å². The molecule has 0 spiro atoms. The topological polar surface area (TPSA) is 100 Å². The first-order chi connectivity index (χ1) is 15.4. The molecule has 2 amide bonds. The van der Waals surface area contributed by atoms with Gasteiger partial charge in [0, 0.05) is 12.5 Å². The fourth-order valence-corrected chi connectivity index (χ4v) is 4.26. The molecule has 2 aromatic carbocycles. The number of hydrogen-bond donors (Lipinski definition) is 2. The zero-order valence-corrected chi connectivity index (χ0v) is 19.0. The van der Waals surface area contributed by atoms with Crippen molar-refractivity contribution in [3.05, 3.63) is 59.4 Å². The minimum absolute atomic E-state index is 0.102. The summed E-state index contributed by atoms with van der Waals surface area (Å²) in [5.74, 6) is 1.34. The molecule has 4 rings (SSSR count). The van der Waals surface area contributed by atoms with E-state index in [0.29, 0.717) is 22.4 Å². The van der Waals surface area contributed by atoms with Gasteiger partial charge >= 0.3 is 0 Å². The van der Waals surface area contributed by atoms with Crippen LogP contribution in [0.25, 0.3) is 0 Å². The Hall–Kier alpha value is -3.33. The second-order valence-corrected chi connectivity index (χ2v) is 8.74. The maximum atomic E-state index is 13.1. The second-order valence-electron chi connectivity index (χ2n) is 7.79. The van der Waals surface area contributed by atoms with E-state index in [-0.39, 0.29) is 36.6 Å². The Balaban J connectivity index is 1.39. The van der Waals surface area contributed by atoms with E-state index in [2.05, 4.69) is 20.5 Å². The number of thioether (sulfide) groups is 1. The van der Waals surface area contributed by atoms with Gasteiger partial charge in [-0.3, -0.25) is 14.7 Å². The van der Waals surface area contributed by atoms with E-state index in [4.69, 9.17) is 4.74 Å². The number of aromatic nitrogens is 3. The number of carbonyl (C=O) groups is 2.